The van der Waals surface area contributed by atoms with Gasteiger partial charge in [-0.2, -0.15) is 0 Å². The molecule has 1 heterocycles. The van der Waals surface area contributed by atoms with E-state index in [4.69, 9.17) is 0 Å². The molecule has 1 nitrogen and oxygen atoms in total. The second-order valence-electron chi connectivity index (χ2n) is 4.45. The Kier molecular flexibility index (Phi) is 4.19. The predicted octanol–water partition coefficient (Wildman–Crippen LogP) is 3.95. The first-order valence-electron chi connectivity index (χ1n) is 5.92. The summed E-state index contributed by atoms with van der Waals surface area (Å²) in [6.45, 7) is 7.67. The Hall–Kier alpha value is -0.600. The van der Waals surface area contributed by atoms with E-state index in [2.05, 4.69) is 51.7 Å². The molecule has 0 saturated carbocycles. The molecule has 1 fully saturated rings. The third kappa shape index (κ3) is 3.19. The fourth-order valence-corrected chi connectivity index (χ4v) is 2.43. The van der Waals surface area contributed by atoms with E-state index in [1.54, 1.807) is 0 Å². The third-order valence-corrected chi connectivity index (χ3v) is 3.64. The molecule has 2 heteroatoms. The molecule has 0 atom stereocenters. The summed E-state index contributed by atoms with van der Waals surface area (Å²) in [5.74, 6) is 0. The molecule has 2 rings (SSSR count). The SMILES string of the molecule is C=C(CN1CCCCC1)c1ccc(Br)cc1. The fraction of sp³-hybridized carbons (Fsp3) is 0.429. The van der Waals surface area contributed by atoms with Gasteiger partial charge in [0.25, 0.3) is 0 Å². The topological polar surface area (TPSA) is 3.24 Å². The Balaban J connectivity index is 1.94. The van der Waals surface area contributed by atoms with Crippen LogP contribution in [0.5, 0.6) is 0 Å². The van der Waals surface area contributed by atoms with Crippen molar-refractivity contribution in [3.8, 4) is 0 Å². The molecule has 16 heavy (non-hydrogen) atoms. The van der Waals surface area contributed by atoms with Crippen molar-refractivity contribution in [1.82, 2.24) is 4.90 Å². The molecule has 1 aromatic rings. The maximum atomic E-state index is 4.19. The van der Waals surface area contributed by atoms with Crippen LogP contribution < -0.4 is 0 Å². The molecular formula is C14H18BrN. The minimum atomic E-state index is 1.02. The molecular weight excluding hydrogens is 262 g/mol. The minimum Gasteiger partial charge on any atom is -0.299 e. The number of benzene rings is 1. The van der Waals surface area contributed by atoms with Crippen LogP contribution in [0.1, 0.15) is 24.8 Å². The van der Waals surface area contributed by atoms with Crippen LogP contribution in [0.4, 0.5) is 0 Å². The number of nitrogens with zero attached hydrogens (tertiary/aromatic N) is 1. The summed E-state index contributed by atoms with van der Waals surface area (Å²) in [4.78, 5) is 2.51. The van der Waals surface area contributed by atoms with Gasteiger partial charge in [0.1, 0.15) is 0 Å². The third-order valence-electron chi connectivity index (χ3n) is 3.12. The largest absolute Gasteiger partial charge is 0.299 e. The lowest BCUT2D eigenvalue weighted by Crippen LogP contribution is -2.30. The lowest BCUT2D eigenvalue weighted by molar-refractivity contribution is 0.255. The van der Waals surface area contributed by atoms with Crippen LogP contribution in [0, 0.1) is 0 Å². The molecule has 0 N–H and O–H groups in total. The first-order valence-corrected chi connectivity index (χ1v) is 6.71. The van der Waals surface area contributed by atoms with Crippen molar-refractivity contribution in [2.45, 2.75) is 19.3 Å². The van der Waals surface area contributed by atoms with E-state index in [0.29, 0.717) is 0 Å². The predicted molar refractivity (Wildman–Crippen MR) is 73.5 cm³/mol. The second kappa shape index (κ2) is 5.65. The van der Waals surface area contributed by atoms with Crippen molar-refractivity contribution in [2.24, 2.45) is 0 Å². The molecule has 0 aliphatic carbocycles. The number of rotatable bonds is 3. The zero-order valence-electron chi connectivity index (χ0n) is 9.58. The maximum Gasteiger partial charge on any atom is 0.0233 e. The van der Waals surface area contributed by atoms with E-state index in [1.165, 1.54) is 43.5 Å². The van der Waals surface area contributed by atoms with Gasteiger partial charge >= 0.3 is 0 Å². The lowest BCUT2D eigenvalue weighted by atomic mass is 10.1. The number of hydrogen-bond donors (Lipinski definition) is 0. The monoisotopic (exact) mass is 279 g/mol. The van der Waals surface area contributed by atoms with Gasteiger partial charge in [0.05, 0.1) is 0 Å². The highest BCUT2D eigenvalue weighted by atomic mass is 79.9. The molecule has 1 aromatic carbocycles. The Morgan fingerprint density at radius 1 is 1.12 bits per heavy atom. The van der Waals surface area contributed by atoms with Crippen molar-refractivity contribution in [1.29, 1.82) is 0 Å². The molecule has 0 amide bonds. The van der Waals surface area contributed by atoms with Crippen molar-refractivity contribution < 1.29 is 0 Å². The lowest BCUT2D eigenvalue weighted by Gasteiger charge is -2.27. The van der Waals surface area contributed by atoms with Gasteiger partial charge in [0.2, 0.25) is 0 Å². The van der Waals surface area contributed by atoms with Crippen LogP contribution in [0.25, 0.3) is 5.57 Å². The number of hydrogen-bond acceptors (Lipinski definition) is 1. The van der Waals surface area contributed by atoms with Crippen LogP contribution in [0.2, 0.25) is 0 Å². The molecule has 86 valence electrons. The average molecular weight is 280 g/mol. The van der Waals surface area contributed by atoms with Gasteiger partial charge in [-0.1, -0.05) is 41.1 Å². The van der Waals surface area contributed by atoms with Crippen molar-refractivity contribution in [3.63, 3.8) is 0 Å². The fourth-order valence-electron chi connectivity index (χ4n) is 2.16. The van der Waals surface area contributed by atoms with Crippen LogP contribution in [-0.4, -0.2) is 24.5 Å². The summed E-state index contributed by atoms with van der Waals surface area (Å²) in [6, 6.07) is 8.43. The van der Waals surface area contributed by atoms with Gasteiger partial charge < -0.3 is 0 Å². The Morgan fingerprint density at radius 2 is 1.75 bits per heavy atom. The van der Waals surface area contributed by atoms with Crippen LogP contribution in [0.3, 0.4) is 0 Å². The second-order valence-corrected chi connectivity index (χ2v) is 5.36. The van der Waals surface area contributed by atoms with E-state index in [1.807, 2.05) is 0 Å². The van der Waals surface area contributed by atoms with Gasteiger partial charge in [0.15, 0.2) is 0 Å². The van der Waals surface area contributed by atoms with Gasteiger partial charge in [-0.15, -0.1) is 0 Å². The molecule has 0 unspecified atom stereocenters. The van der Waals surface area contributed by atoms with Gasteiger partial charge in [-0.25, -0.2) is 0 Å². The maximum absolute atomic E-state index is 4.19. The number of halogens is 1. The Morgan fingerprint density at radius 3 is 2.38 bits per heavy atom. The highest BCUT2D eigenvalue weighted by molar-refractivity contribution is 9.10. The zero-order chi connectivity index (χ0) is 11.4. The first-order chi connectivity index (χ1) is 7.75. The molecule has 1 aliphatic heterocycles. The average Bonchev–Trinajstić information content (AvgIpc) is 2.31. The first kappa shape index (κ1) is 11.9. The summed E-state index contributed by atoms with van der Waals surface area (Å²) in [5.41, 5.74) is 2.49. The van der Waals surface area contributed by atoms with Gasteiger partial charge in [0, 0.05) is 11.0 Å². The quantitative estimate of drug-likeness (QED) is 0.810. The highest BCUT2D eigenvalue weighted by Gasteiger charge is 2.11. The summed E-state index contributed by atoms with van der Waals surface area (Å²) in [5, 5.41) is 0. The van der Waals surface area contributed by atoms with Crippen molar-refractivity contribution >= 4 is 21.5 Å². The van der Waals surface area contributed by atoms with Crippen LogP contribution >= 0.6 is 15.9 Å². The summed E-state index contributed by atoms with van der Waals surface area (Å²) in [7, 11) is 0. The molecule has 0 radical (unpaired) electrons. The number of piperidine rings is 1. The summed E-state index contributed by atoms with van der Waals surface area (Å²) in [6.07, 6.45) is 4.07. The molecule has 1 aliphatic rings. The number of likely N-dealkylation sites (tertiary alicyclic amines) is 1. The van der Waals surface area contributed by atoms with E-state index in [-0.39, 0.29) is 0 Å². The Labute approximate surface area is 106 Å². The van der Waals surface area contributed by atoms with E-state index in [9.17, 15) is 0 Å². The van der Waals surface area contributed by atoms with Crippen LogP contribution in [0.15, 0.2) is 35.3 Å². The molecule has 0 aromatic heterocycles. The highest BCUT2D eigenvalue weighted by Crippen LogP contribution is 2.19. The van der Waals surface area contributed by atoms with Gasteiger partial charge in [-0.05, 0) is 49.2 Å². The summed E-state index contributed by atoms with van der Waals surface area (Å²) < 4.78 is 1.13. The van der Waals surface area contributed by atoms with Crippen LogP contribution in [-0.2, 0) is 0 Å². The molecule has 0 spiro atoms. The normalized spacial score (nSPS) is 17.3. The molecule has 0 bridgehead atoms. The summed E-state index contributed by atoms with van der Waals surface area (Å²) >= 11 is 3.45. The minimum absolute atomic E-state index is 1.02. The smallest absolute Gasteiger partial charge is 0.0233 e. The van der Waals surface area contributed by atoms with E-state index < -0.39 is 0 Å². The van der Waals surface area contributed by atoms with Gasteiger partial charge in [-0.3, -0.25) is 4.90 Å². The van der Waals surface area contributed by atoms with Crippen molar-refractivity contribution in [2.75, 3.05) is 19.6 Å². The van der Waals surface area contributed by atoms with E-state index >= 15 is 0 Å². The standard InChI is InChI=1S/C14H18BrN/c1-12(11-16-9-3-2-4-10-16)13-5-7-14(15)8-6-13/h5-8H,1-4,9-11H2. The zero-order valence-corrected chi connectivity index (χ0v) is 11.2. The Bertz CT molecular complexity index is 350. The van der Waals surface area contributed by atoms with E-state index in [0.717, 1.165) is 11.0 Å². The van der Waals surface area contributed by atoms with Crippen molar-refractivity contribution in [3.05, 3.63) is 40.9 Å². The molecule has 1 saturated heterocycles.